The highest BCUT2D eigenvalue weighted by molar-refractivity contribution is 7.91. The van der Waals surface area contributed by atoms with Crippen molar-refractivity contribution in [3.05, 3.63) is 53.7 Å². The van der Waals surface area contributed by atoms with Crippen molar-refractivity contribution < 1.29 is 8.42 Å². The Bertz CT molecular complexity index is 1010. The fourth-order valence-electron chi connectivity index (χ4n) is 3.21. The predicted octanol–water partition coefficient (Wildman–Crippen LogP) is 3.06. The molecule has 0 saturated carbocycles. The molecule has 0 bridgehead atoms. The van der Waals surface area contributed by atoms with Crippen LogP contribution in [0.15, 0.2) is 58.5 Å². The summed E-state index contributed by atoms with van der Waals surface area (Å²) in [6.07, 6.45) is 1.51. The van der Waals surface area contributed by atoms with Gasteiger partial charge in [-0.3, -0.25) is 0 Å². The molecule has 0 atom stereocenters. The molecule has 3 aromatic rings. The summed E-state index contributed by atoms with van der Waals surface area (Å²) in [5.74, 6) is 0. The van der Waals surface area contributed by atoms with Crippen LogP contribution < -0.4 is 10.2 Å². The van der Waals surface area contributed by atoms with Crippen molar-refractivity contribution in [3.63, 3.8) is 0 Å². The van der Waals surface area contributed by atoms with Crippen LogP contribution in [0.5, 0.6) is 0 Å². The maximum atomic E-state index is 13.0. The van der Waals surface area contributed by atoms with Crippen LogP contribution in [0.1, 0.15) is 0 Å². The van der Waals surface area contributed by atoms with Crippen molar-refractivity contribution in [1.82, 2.24) is 10.3 Å². The summed E-state index contributed by atoms with van der Waals surface area (Å²) < 4.78 is 26.1. The van der Waals surface area contributed by atoms with E-state index < -0.39 is 9.84 Å². The molecule has 1 fully saturated rings. The van der Waals surface area contributed by atoms with Crippen molar-refractivity contribution in [2.45, 2.75) is 9.79 Å². The van der Waals surface area contributed by atoms with Gasteiger partial charge in [0.1, 0.15) is 0 Å². The molecule has 7 heteroatoms. The molecule has 25 heavy (non-hydrogen) atoms. The van der Waals surface area contributed by atoms with Gasteiger partial charge in [-0.2, -0.15) is 0 Å². The molecule has 0 spiro atoms. The fraction of sp³-hybridized carbons (Fsp3) is 0.222. The minimum Gasteiger partial charge on any atom is -0.369 e. The van der Waals surface area contributed by atoms with Crippen LogP contribution in [-0.4, -0.2) is 39.6 Å². The van der Waals surface area contributed by atoms with E-state index in [1.54, 1.807) is 24.3 Å². The number of anilines is 1. The number of aromatic nitrogens is 1. The van der Waals surface area contributed by atoms with Crippen LogP contribution in [0.2, 0.25) is 5.02 Å². The number of nitrogens with zero attached hydrogens (tertiary/aromatic N) is 1. The molecule has 130 valence electrons. The van der Waals surface area contributed by atoms with E-state index in [4.69, 9.17) is 11.6 Å². The lowest BCUT2D eigenvalue weighted by Crippen LogP contribution is -2.43. The highest BCUT2D eigenvalue weighted by Gasteiger charge is 2.23. The largest absolute Gasteiger partial charge is 0.369 e. The van der Waals surface area contributed by atoms with Gasteiger partial charge in [-0.15, -0.1) is 0 Å². The van der Waals surface area contributed by atoms with Crippen LogP contribution in [0, 0.1) is 0 Å². The average Bonchev–Trinajstić information content (AvgIpc) is 3.09. The minimum atomic E-state index is -3.64. The minimum absolute atomic E-state index is 0.211. The molecular weight excluding hydrogens is 358 g/mol. The molecule has 1 aromatic heterocycles. The molecule has 0 amide bonds. The maximum absolute atomic E-state index is 13.0. The number of piperazine rings is 1. The second-order valence-corrected chi connectivity index (χ2v) is 8.38. The third-order valence-corrected chi connectivity index (χ3v) is 6.65. The van der Waals surface area contributed by atoms with Gasteiger partial charge in [0, 0.05) is 49.0 Å². The Morgan fingerprint density at radius 2 is 1.72 bits per heavy atom. The molecule has 0 unspecified atom stereocenters. The van der Waals surface area contributed by atoms with E-state index in [1.807, 2.05) is 18.2 Å². The lowest BCUT2D eigenvalue weighted by molar-refractivity contribution is 0.588. The van der Waals surface area contributed by atoms with Crippen molar-refractivity contribution in [3.8, 4) is 0 Å². The first-order valence-electron chi connectivity index (χ1n) is 8.14. The summed E-state index contributed by atoms with van der Waals surface area (Å²) in [6, 6.07) is 12.4. The van der Waals surface area contributed by atoms with E-state index in [0.717, 1.165) is 31.9 Å². The third-order valence-electron chi connectivity index (χ3n) is 4.54. The molecule has 0 radical (unpaired) electrons. The Kier molecular flexibility index (Phi) is 4.19. The summed E-state index contributed by atoms with van der Waals surface area (Å²) in [4.78, 5) is 5.72. The van der Waals surface area contributed by atoms with Crippen molar-refractivity contribution in [1.29, 1.82) is 0 Å². The molecule has 2 aromatic carbocycles. The topological polar surface area (TPSA) is 65.2 Å². The van der Waals surface area contributed by atoms with E-state index in [0.29, 0.717) is 15.9 Å². The molecule has 1 aliphatic rings. The number of halogens is 1. The van der Waals surface area contributed by atoms with Crippen LogP contribution in [0.4, 0.5) is 5.69 Å². The molecule has 2 N–H and O–H groups in total. The summed E-state index contributed by atoms with van der Waals surface area (Å²) in [5.41, 5.74) is 1.75. The van der Waals surface area contributed by atoms with E-state index in [9.17, 15) is 8.42 Å². The lowest BCUT2D eigenvalue weighted by Gasteiger charge is -2.29. The van der Waals surface area contributed by atoms with E-state index in [2.05, 4.69) is 15.2 Å². The normalized spacial score (nSPS) is 15.6. The zero-order valence-electron chi connectivity index (χ0n) is 13.5. The van der Waals surface area contributed by atoms with Gasteiger partial charge in [0.15, 0.2) is 0 Å². The van der Waals surface area contributed by atoms with Gasteiger partial charge in [0.05, 0.1) is 14.8 Å². The number of rotatable bonds is 3. The van der Waals surface area contributed by atoms with Crippen LogP contribution in [-0.2, 0) is 9.84 Å². The molecule has 1 aliphatic heterocycles. The van der Waals surface area contributed by atoms with Crippen LogP contribution in [0.3, 0.4) is 0 Å². The first-order chi connectivity index (χ1) is 12.1. The number of H-pyrrole nitrogens is 1. The van der Waals surface area contributed by atoms with Gasteiger partial charge in [0.25, 0.3) is 0 Å². The van der Waals surface area contributed by atoms with E-state index in [-0.39, 0.29) is 9.79 Å². The Hall–Kier alpha value is -2.02. The van der Waals surface area contributed by atoms with E-state index >= 15 is 0 Å². The van der Waals surface area contributed by atoms with E-state index in [1.165, 1.54) is 6.20 Å². The lowest BCUT2D eigenvalue weighted by atomic mass is 10.2. The number of sulfone groups is 1. The monoisotopic (exact) mass is 375 g/mol. The Morgan fingerprint density at radius 1 is 1.00 bits per heavy atom. The predicted molar refractivity (Wildman–Crippen MR) is 100 cm³/mol. The average molecular weight is 376 g/mol. The highest BCUT2D eigenvalue weighted by Crippen LogP contribution is 2.33. The molecule has 1 saturated heterocycles. The quantitative estimate of drug-likeness (QED) is 0.738. The van der Waals surface area contributed by atoms with Gasteiger partial charge in [-0.1, -0.05) is 17.7 Å². The van der Waals surface area contributed by atoms with Gasteiger partial charge in [-0.05, 0) is 36.4 Å². The standard InChI is InChI=1S/C18H18ClN3O2S/c19-15-2-1-3-16-18(15)17(12-21-16)25(23,24)14-6-4-13(5-7-14)22-10-8-20-9-11-22/h1-7,12,20-21H,8-11H2. The zero-order valence-corrected chi connectivity index (χ0v) is 15.1. The van der Waals surface area contributed by atoms with Gasteiger partial charge in [0.2, 0.25) is 9.84 Å². The number of hydrogen-bond acceptors (Lipinski definition) is 4. The Morgan fingerprint density at radius 3 is 2.44 bits per heavy atom. The molecule has 2 heterocycles. The van der Waals surface area contributed by atoms with Crippen LogP contribution in [0.25, 0.3) is 10.9 Å². The molecule has 4 rings (SSSR count). The van der Waals surface area contributed by atoms with Gasteiger partial charge < -0.3 is 15.2 Å². The van der Waals surface area contributed by atoms with Crippen molar-refractivity contribution in [2.24, 2.45) is 0 Å². The van der Waals surface area contributed by atoms with Crippen molar-refractivity contribution >= 4 is 38.0 Å². The van der Waals surface area contributed by atoms with Crippen molar-refractivity contribution in [2.75, 3.05) is 31.1 Å². The van der Waals surface area contributed by atoms with Gasteiger partial charge in [-0.25, -0.2) is 8.42 Å². The zero-order chi connectivity index (χ0) is 17.4. The number of nitrogens with one attached hydrogen (secondary N) is 2. The summed E-state index contributed by atoms with van der Waals surface area (Å²) in [7, 11) is -3.64. The fourth-order valence-corrected chi connectivity index (χ4v) is 4.99. The number of hydrogen-bond donors (Lipinski definition) is 2. The summed E-state index contributed by atoms with van der Waals surface area (Å²) in [5, 5.41) is 4.27. The number of fused-ring (bicyclic) bond motifs is 1. The SMILES string of the molecule is O=S(=O)(c1ccc(N2CCNCC2)cc1)c1c[nH]c2cccc(Cl)c12. The molecular formula is C18H18ClN3O2S. The molecule has 0 aliphatic carbocycles. The first kappa shape index (κ1) is 16.4. The first-order valence-corrected chi connectivity index (χ1v) is 10.00. The molecule has 5 nitrogen and oxygen atoms in total. The smallest absolute Gasteiger partial charge is 0.208 e. The number of benzene rings is 2. The third kappa shape index (κ3) is 2.90. The van der Waals surface area contributed by atoms with Crippen LogP contribution >= 0.6 is 11.6 Å². The van der Waals surface area contributed by atoms with Gasteiger partial charge >= 0.3 is 0 Å². The highest BCUT2D eigenvalue weighted by atomic mass is 35.5. The Labute approximate surface area is 151 Å². The second kappa shape index (κ2) is 6.37. The summed E-state index contributed by atoms with van der Waals surface area (Å²) >= 11 is 6.23. The maximum Gasteiger partial charge on any atom is 0.208 e. The number of aromatic amines is 1. The Balaban J connectivity index is 1.72. The second-order valence-electron chi connectivity index (χ2n) is 6.05. The summed E-state index contributed by atoms with van der Waals surface area (Å²) in [6.45, 7) is 3.72.